The number of hydrogen-bond donors (Lipinski definition) is 1. The van der Waals surface area contributed by atoms with Crippen molar-refractivity contribution in [1.82, 2.24) is 0 Å². The van der Waals surface area contributed by atoms with Gasteiger partial charge in [-0.3, -0.25) is 4.79 Å². The van der Waals surface area contributed by atoms with Crippen LogP contribution in [0.2, 0.25) is 0 Å². The third-order valence-corrected chi connectivity index (χ3v) is 5.06. The predicted octanol–water partition coefficient (Wildman–Crippen LogP) is 4.09. The molecular weight excluding hydrogens is 212 g/mol. The number of aliphatic carboxylic acids is 1. The van der Waals surface area contributed by atoms with E-state index in [1.54, 1.807) is 0 Å². The number of fused-ring (bicyclic) bond motifs is 1. The molecule has 0 aliphatic heterocycles. The van der Waals surface area contributed by atoms with Crippen LogP contribution in [0.1, 0.15) is 64.7 Å². The Balaban J connectivity index is 2.05. The van der Waals surface area contributed by atoms with Crippen molar-refractivity contribution in [2.75, 3.05) is 0 Å². The molecule has 0 heterocycles. The zero-order valence-electron chi connectivity index (χ0n) is 11.0. The van der Waals surface area contributed by atoms with Crippen molar-refractivity contribution in [3.63, 3.8) is 0 Å². The molecule has 0 bridgehead atoms. The second-order valence-electron chi connectivity index (χ2n) is 6.05. The Morgan fingerprint density at radius 3 is 2.65 bits per heavy atom. The Bertz CT molecular complexity index is 262. The van der Waals surface area contributed by atoms with E-state index in [0.29, 0.717) is 11.8 Å². The van der Waals surface area contributed by atoms with Gasteiger partial charge in [0, 0.05) is 0 Å². The molecule has 2 aliphatic rings. The first-order valence-electron chi connectivity index (χ1n) is 7.46. The van der Waals surface area contributed by atoms with Gasteiger partial charge in [0.05, 0.1) is 5.92 Å². The Morgan fingerprint density at radius 2 is 1.94 bits per heavy atom. The van der Waals surface area contributed by atoms with Crippen LogP contribution >= 0.6 is 0 Å². The molecule has 0 aromatic carbocycles. The summed E-state index contributed by atoms with van der Waals surface area (Å²) in [6.45, 7) is 2.20. The molecule has 0 saturated heterocycles. The summed E-state index contributed by atoms with van der Waals surface area (Å²) in [7, 11) is 0. The Hall–Kier alpha value is -0.530. The Morgan fingerprint density at radius 1 is 1.18 bits per heavy atom. The maximum Gasteiger partial charge on any atom is 0.307 e. The van der Waals surface area contributed by atoms with Crippen LogP contribution in [0.15, 0.2) is 0 Å². The first kappa shape index (κ1) is 12.9. The van der Waals surface area contributed by atoms with Crippen molar-refractivity contribution >= 4 is 5.97 Å². The number of rotatable bonds is 4. The summed E-state index contributed by atoms with van der Waals surface area (Å²) in [5.74, 6) is 1.15. The van der Waals surface area contributed by atoms with Crippen molar-refractivity contribution in [2.45, 2.75) is 64.7 Å². The number of carbonyl (C=O) groups is 1. The summed E-state index contributed by atoms with van der Waals surface area (Å²) in [6, 6.07) is 0. The molecule has 2 heteroatoms. The maximum atomic E-state index is 11.6. The first-order valence-corrected chi connectivity index (χ1v) is 7.46. The normalized spacial score (nSPS) is 37.5. The fourth-order valence-corrected chi connectivity index (χ4v) is 4.20. The van der Waals surface area contributed by atoms with E-state index >= 15 is 0 Å². The zero-order chi connectivity index (χ0) is 12.3. The first-order chi connectivity index (χ1) is 8.24. The van der Waals surface area contributed by atoms with E-state index in [1.165, 1.54) is 44.9 Å². The van der Waals surface area contributed by atoms with Gasteiger partial charge in [-0.25, -0.2) is 0 Å². The monoisotopic (exact) mass is 238 g/mol. The zero-order valence-corrected chi connectivity index (χ0v) is 11.0. The summed E-state index contributed by atoms with van der Waals surface area (Å²) >= 11 is 0. The van der Waals surface area contributed by atoms with E-state index in [2.05, 4.69) is 6.92 Å². The molecule has 0 unspecified atom stereocenters. The maximum absolute atomic E-state index is 11.6. The van der Waals surface area contributed by atoms with Crippen LogP contribution < -0.4 is 0 Å². The van der Waals surface area contributed by atoms with Crippen molar-refractivity contribution in [3.8, 4) is 0 Å². The number of carboxylic acids is 1. The van der Waals surface area contributed by atoms with Gasteiger partial charge in [0.1, 0.15) is 0 Å². The molecule has 1 N–H and O–H groups in total. The van der Waals surface area contributed by atoms with Crippen LogP contribution in [0, 0.1) is 23.7 Å². The molecule has 2 aliphatic carbocycles. The molecule has 2 rings (SSSR count). The standard InChI is InChI=1S/C15H26O2/c1-2-3-6-12-10-9-11-7-4-5-8-13(11)14(12)15(16)17/h11-14H,2-10H2,1H3,(H,16,17)/t11-,12+,13-,14-/m0/s1. The minimum atomic E-state index is -0.511. The van der Waals surface area contributed by atoms with Gasteiger partial charge in [0.15, 0.2) is 0 Å². The SMILES string of the molecule is CCCC[C@@H]1CC[C@@H]2CCCC[C@@H]2[C@H]1C(=O)O. The quantitative estimate of drug-likeness (QED) is 0.800. The smallest absolute Gasteiger partial charge is 0.307 e. The highest BCUT2D eigenvalue weighted by Gasteiger charge is 2.43. The Labute approximate surface area is 105 Å². The van der Waals surface area contributed by atoms with Crippen molar-refractivity contribution < 1.29 is 9.90 Å². The summed E-state index contributed by atoms with van der Waals surface area (Å²) in [5.41, 5.74) is 0. The molecule has 2 nitrogen and oxygen atoms in total. The molecule has 2 fully saturated rings. The number of unbranched alkanes of at least 4 members (excludes halogenated alkanes) is 1. The van der Waals surface area contributed by atoms with Crippen LogP contribution in [-0.2, 0) is 4.79 Å². The molecular formula is C15H26O2. The van der Waals surface area contributed by atoms with E-state index < -0.39 is 5.97 Å². The summed E-state index contributed by atoms with van der Waals surface area (Å²) in [5, 5.41) is 9.55. The van der Waals surface area contributed by atoms with E-state index in [0.717, 1.165) is 18.8 Å². The molecule has 17 heavy (non-hydrogen) atoms. The lowest BCUT2D eigenvalue weighted by Gasteiger charge is -2.44. The third-order valence-electron chi connectivity index (χ3n) is 5.06. The summed E-state index contributed by atoms with van der Waals surface area (Å²) < 4.78 is 0. The summed E-state index contributed by atoms with van der Waals surface area (Å²) in [4.78, 5) is 11.6. The molecule has 0 aromatic rings. The molecule has 0 radical (unpaired) electrons. The fraction of sp³-hybridized carbons (Fsp3) is 0.933. The molecule has 0 spiro atoms. The van der Waals surface area contributed by atoms with Gasteiger partial charge in [-0.15, -0.1) is 0 Å². The lowest BCUT2D eigenvalue weighted by molar-refractivity contribution is -0.150. The van der Waals surface area contributed by atoms with E-state index in [4.69, 9.17) is 0 Å². The van der Waals surface area contributed by atoms with Gasteiger partial charge in [0.25, 0.3) is 0 Å². The number of carboxylic acid groups (broad SMARTS) is 1. The van der Waals surface area contributed by atoms with Crippen LogP contribution in [0.3, 0.4) is 0 Å². The van der Waals surface area contributed by atoms with Gasteiger partial charge < -0.3 is 5.11 Å². The predicted molar refractivity (Wildman–Crippen MR) is 68.8 cm³/mol. The number of hydrogen-bond acceptors (Lipinski definition) is 1. The highest BCUT2D eigenvalue weighted by Crippen LogP contribution is 2.47. The van der Waals surface area contributed by atoms with Crippen LogP contribution in [0.5, 0.6) is 0 Å². The average Bonchev–Trinajstić information content (AvgIpc) is 2.35. The van der Waals surface area contributed by atoms with Gasteiger partial charge in [-0.1, -0.05) is 39.0 Å². The van der Waals surface area contributed by atoms with Crippen LogP contribution in [-0.4, -0.2) is 11.1 Å². The Kier molecular flexibility index (Phi) is 4.47. The minimum absolute atomic E-state index is 0.0272. The second kappa shape index (κ2) is 5.88. The van der Waals surface area contributed by atoms with Gasteiger partial charge in [0.2, 0.25) is 0 Å². The van der Waals surface area contributed by atoms with E-state index in [1.807, 2.05) is 0 Å². The van der Waals surface area contributed by atoms with Crippen molar-refractivity contribution in [2.24, 2.45) is 23.7 Å². The van der Waals surface area contributed by atoms with Crippen molar-refractivity contribution in [3.05, 3.63) is 0 Å². The third kappa shape index (κ3) is 2.83. The lowest BCUT2D eigenvalue weighted by Crippen LogP contribution is -2.41. The van der Waals surface area contributed by atoms with Gasteiger partial charge in [-0.05, 0) is 43.4 Å². The molecule has 2 saturated carbocycles. The second-order valence-corrected chi connectivity index (χ2v) is 6.05. The van der Waals surface area contributed by atoms with E-state index in [9.17, 15) is 9.90 Å². The molecule has 98 valence electrons. The summed E-state index contributed by atoms with van der Waals surface area (Å²) in [6.07, 6.45) is 11.0. The highest BCUT2D eigenvalue weighted by molar-refractivity contribution is 5.71. The molecule has 4 atom stereocenters. The average molecular weight is 238 g/mol. The largest absolute Gasteiger partial charge is 0.481 e. The topological polar surface area (TPSA) is 37.3 Å². The van der Waals surface area contributed by atoms with Crippen molar-refractivity contribution in [1.29, 1.82) is 0 Å². The molecule has 0 amide bonds. The molecule has 0 aromatic heterocycles. The fourth-order valence-electron chi connectivity index (χ4n) is 4.20. The lowest BCUT2D eigenvalue weighted by atomic mass is 9.60. The van der Waals surface area contributed by atoms with E-state index in [-0.39, 0.29) is 5.92 Å². The highest BCUT2D eigenvalue weighted by atomic mass is 16.4. The van der Waals surface area contributed by atoms with Crippen LogP contribution in [0.25, 0.3) is 0 Å². The van der Waals surface area contributed by atoms with Gasteiger partial charge in [-0.2, -0.15) is 0 Å². The minimum Gasteiger partial charge on any atom is -0.481 e. The van der Waals surface area contributed by atoms with Gasteiger partial charge >= 0.3 is 5.97 Å². The van der Waals surface area contributed by atoms with Crippen LogP contribution in [0.4, 0.5) is 0 Å².